The Balaban J connectivity index is 1.83. The molecular weight excluding hydrogens is 322 g/mol. The molecule has 0 amide bonds. The van der Waals surface area contributed by atoms with Gasteiger partial charge in [0.15, 0.2) is 0 Å². The molecule has 0 spiro atoms. The molecule has 0 aromatic carbocycles. The zero-order chi connectivity index (χ0) is 16.4. The van der Waals surface area contributed by atoms with E-state index < -0.39 is 0 Å². The first-order valence-electron chi connectivity index (χ1n) is 7.83. The van der Waals surface area contributed by atoms with E-state index in [2.05, 4.69) is 19.9 Å². The van der Waals surface area contributed by atoms with E-state index in [1.165, 1.54) is 0 Å². The second-order valence-corrected chi connectivity index (χ2v) is 6.74. The average molecular weight is 339 g/mol. The third kappa shape index (κ3) is 2.87. The van der Waals surface area contributed by atoms with Crippen LogP contribution in [0.2, 0.25) is 0 Å². The monoisotopic (exact) mass is 339 g/mol. The topological polar surface area (TPSA) is 67.9 Å². The first kappa shape index (κ1) is 15.1. The second-order valence-electron chi connectivity index (χ2n) is 5.51. The van der Waals surface area contributed by atoms with Crippen molar-refractivity contribution in [1.82, 2.24) is 19.9 Å². The molecule has 0 radical (unpaired) electrons. The molecule has 0 aliphatic carbocycles. The van der Waals surface area contributed by atoms with Crippen molar-refractivity contribution in [2.24, 2.45) is 0 Å². The average Bonchev–Trinajstić information content (AvgIpc) is 3.08. The highest BCUT2D eigenvalue weighted by atomic mass is 32.2. The number of aromatic nitrogens is 4. The summed E-state index contributed by atoms with van der Waals surface area (Å²) in [7, 11) is 0. The van der Waals surface area contributed by atoms with Gasteiger partial charge in [0.25, 0.3) is 0 Å². The second kappa shape index (κ2) is 6.60. The lowest BCUT2D eigenvalue weighted by Crippen LogP contribution is -2.33. The maximum absolute atomic E-state index is 5.48. The highest BCUT2D eigenvalue weighted by Crippen LogP contribution is 2.32. The normalized spacial score (nSPS) is 14.8. The van der Waals surface area contributed by atoms with Crippen molar-refractivity contribution in [3.05, 3.63) is 42.9 Å². The van der Waals surface area contributed by atoms with Crippen molar-refractivity contribution in [1.29, 1.82) is 0 Å². The number of furan rings is 1. The Morgan fingerprint density at radius 2 is 1.96 bits per heavy atom. The fourth-order valence-electron chi connectivity index (χ4n) is 2.75. The van der Waals surface area contributed by atoms with E-state index in [1.54, 1.807) is 24.9 Å². The Morgan fingerprint density at radius 1 is 1.08 bits per heavy atom. The van der Waals surface area contributed by atoms with Gasteiger partial charge in [-0.25, -0.2) is 9.97 Å². The number of hydrogen-bond donors (Lipinski definition) is 0. The van der Waals surface area contributed by atoms with Gasteiger partial charge in [0.05, 0.1) is 23.8 Å². The minimum Gasteiger partial charge on any atom is -0.469 e. The fraction of sp³-hybridized carbons (Fsp3) is 0.294. The summed E-state index contributed by atoms with van der Waals surface area (Å²) in [5, 5.41) is 0. The molecule has 3 aromatic rings. The van der Waals surface area contributed by atoms with Gasteiger partial charge in [-0.05, 0) is 13.0 Å². The third-order valence-electron chi connectivity index (χ3n) is 4.02. The molecule has 0 atom stereocenters. The van der Waals surface area contributed by atoms with Crippen LogP contribution in [0.3, 0.4) is 0 Å². The van der Waals surface area contributed by atoms with Crippen LogP contribution in [0.5, 0.6) is 0 Å². The van der Waals surface area contributed by atoms with Crippen molar-refractivity contribution in [3.8, 4) is 22.5 Å². The number of anilines is 1. The highest BCUT2D eigenvalue weighted by molar-refractivity contribution is 7.99. The molecule has 122 valence electrons. The molecule has 1 aliphatic rings. The highest BCUT2D eigenvalue weighted by Gasteiger charge is 2.19. The van der Waals surface area contributed by atoms with Crippen molar-refractivity contribution < 1.29 is 4.42 Å². The van der Waals surface area contributed by atoms with E-state index in [0.717, 1.165) is 58.8 Å². The van der Waals surface area contributed by atoms with E-state index in [9.17, 15) is 0 Å². The Bertz CT molecular complexity index is 830. The zero-order valence-electron chi connectivity index (χ0n) is 13.3. The van der Waals surface area contributed by atoms with Crippen LogP contribution in [-0.2, 0) is 0 Å². The summed E-state index contributed by atoms with van der Waals surface area (Å²) >= 11 is 1.97. The molecule has 1 aliphatic heterocycles. The molecule has 1 saturated heterocycles. The Hall–Kier alpha value is -2.41. The van der Waals surface area contributed by atoms with Crippen LogP contribution in [0, 0.1) is 6.92 Å². The van der Waals surface area contributed by atoms with E-state index in [-0.39, 0.29) is 0 Å². The summed E-state index contributed by atoms with van der Waals surface area (Å²) in [5.41, 5.74) is 3.42. The minimum atomic E-state index is 0.758. The van der Waals surface area contributed by atoms with E-state index in [4.69, 9.17) is 9.40 Å². The predicted molar refractivity (Wildman–Crippen MR) is 95.0 cm³/mol. The van der Waals surface area contributed by atoms with Crippen molar-refractivity contribution >= 4 is 17.7 Å². The fourth-order valence-corrected chi connectivity index (χ4v) is 3.65. The molecule has 24 heavy (non-hydrogen) atoms. The lowest BCUT2D eigenvalue weighted by atomic mass is 10.1. The molecule has 0 unspecified atom stereocenters. The number of rotatable bonds is 3. The Kier molecular flexibility index (Phi) is 4.17. The van der Waals surface area contributed by atoms with Gasteiger partial charge >= 0.3 is 0 Å². The molecule has 3 aromatic heterocycles. The molecule has 0 saturated carbocycles. The van der Waals surface area contributed by atoms with Crippen LogP contribution in [0.25, 0.3) is 22.5 Å². The van der Waals surface area contributed by atoms with Gasteiger partial charge in [0, 0.05) is 54.3 Å². The molecule has 0 bridgehead atoms. The SMILES string of the molecule is Cc1occc1-c1nc(N2CCSCC2)ncc1-c1cnccn1. The molecule has 4 rings (SSSR count). The summed E-state index contributed by atoms with van der Waals surface area (Å²) in [6.07, 6.45) is 8.60. The smallest absolute Gasteiger partial charge is 0.225 e. The van der Waals surface area contributed by atoms with Gasteiger partial charge in [0.2, 0.25) is 5.95 Å². The van der Waals surface area contributed by atoms with Crippen LogP contribution in [0.15, 0.2) is 41.5 Å². The number of nitrogens with zero attached hydrogens (tertiary/aromatic N) is 5. The number of thioether (sulfide) groups is 1. The van der Waals surface area contributed by atoms with Crippen LogP contribution < -0.4 is 4.90 Å². The van der Waals surface area contributed by atoms with Crippen LogP contribution in [0.4, 0.5) is 5.95 Å². The van der Waals surface area contributed by atoms with E-state index >= 15 is 0 Å². The molecule has 7 heteroatoms. The van der Waals surface area contributed by atoms with Crippen LogP contribution in [0.1, 0.15) is 5.76 Å². The van der Waals surface area contributed by atoms with Gasteiger partial charge in [-0.2, -0.15) is 11.8 Å². The van der Waals surface area contributed by atoms with Crippen molar-refractivity contribution in [2.75, 3.05) is 29.5 Å². The Labute approximate surface area is 144 Å². The summed E-state index contributed by atoms with van der Waals surface area (Å²) in [6, 6.07) is 1.94. The standard InChI is InChI=1S/C17H17N5OS/c1-12-13(2-7-23-12)16-14(15-11-18-3-4-19-15)10-20-17(21-16)22-5-8-24-9-6-22/h2-4,7,10-11H,5-6,8-9H2,1H3. The number of aryl methyl sites for hydroxylation is 1. The molecule has 6 nitrogen and oxygen atoms in total. The first-order valence-corrected chi connectivity index (χ1v) is 8.99. The summed E-state index contributed by atoms with van der Waals surface area (Å²) < 4.78 is 5.48. The van der Waals surface area contributed by atoms with E-state index in [0.29, 0.717) is 0 Å². The third-order valence-corrected chi connectivity index (χ3v) is 4.97. The van der Waals surface area contributed by atoms with Gasteiger partial charge in [-0.15, -0.1) is 0 Å². The maximum Gasteiger partial charge on any atom is 0.225 e. The first-order chi connectivity index (χ1) is 11.8. The lowest BCUT2D eigenvalue weighted by molar-refractivity contribution is 0.535. The molecule has 0 N–H and O–H groups in total. The lowest BCUT2D eigenvalue weighted by Gasteiger charge is -2.26. The Morgan fingerprint density at radius 3 is 2.67 bits per heavy atom. The van der Waals surface area contributed by atoms with Crippen molar-refractivity contribution in [3.63, 3.8) is 0 Å². The van der Waals surface area contributed by atoms with Crippen molar-refractivity contribution in [2.45, 2.75) is 6.92 Å². The van der Waals surface area contributed by atoms with Gasteiger partial charge in [-0.1, -0.05) is 0 Å². The molecule has 4 heterocycles. The van der Waals surface area contributed by atoms with E-state index in [1.807, 2.05) is 30.9 Å². The van der Waals surface area contributed by atoms with Gasteiger partial charge < -0.3 is 9.32 Å². The van der Waals surface area contributed by atoms with Crippen LogP contribution in [-0.4, -0.2) is 44.5 Å². The van der Waals surface area contributed by atoms with Gasteiger partial charge in [0.1, 0.15) is 5.76 Å². The zero-order valence-corrected chi connectivity index (χ0v) is 14.2. The summed E-state index contributed by atoms with van der Waals surface area (Å²) in [5.74, 6) is 3.81. The predicted octanol–water partition coefficient (Wildman–Crippen LogP) is 3.06. The maximum atomic E-state index is 5.48. The summed E-state index contributed by atoms with van der Waals surface area (Å²) in [4.78, 5) is 20.2. The quantitative estimate of drug-likeness (QED) is 0.726. The van der Waals surface area contributed by atoms with Gasteiger partial charge in [-0.3, -0.25) is 9.97 Å². The minimum absolute atomic E-state index is 0.758. The molecular formula is C17H17N5OS. The molecule has 1 fully saturated rings. The largest absolute Gasteiger partial charge is 0.469 e. The number of hydrogen-bond acceptors (Lipinski definition) is 7. The van der Waals surface area contributed by atoms with Crippen LogP contribution >= 0.6 is 11.8 Å². The summed E-state index contributed by atoms with van der Waals surface area (Å²) in [6.45, 7) is 3.88.